The Morgan fingerprint density at radius 1 is 1.03 bits per heavy atom. The van der Waals surface area contributed by atoms with Gasteiger partial charge in [0, 0.05) is 19.8 Å². The van der Waals surface area contributed by atoms with Gasteiger partial charge in [-0.2, -0.15) is 0 Å². The van der Waals surface area contributed by atoms with Gasteiger partial charge >= 0.3 is 17.9 Å². The van der Waals surface area contributed by atoms with Gasteiger partial charge in [0.15, 0.2) is 0 Å². The summed E-state index contributed by atoms with van der Waals surface area (Å²) in [5.41, 5.74) is -6.52. The number of hydrogen-bond donors (Lipinski definition) is 3. The van der Waals surface area contributed by atoms with E-state index in [1.54, 1.807) is 32.0 Å². The Bertz CT molecular complexity index is 1040. The fourth-order valence-electron chi connectivity index (χ4n) is 6.86. The Labute approximate surface area is 209 Å². The van der Waals surface area contributed by atoms with Crippen molar-refractivity contribution < 1.29 is 48.7 Å². The van der Waals surface area contributed by atoms with Crippen molar-refractivity contribution in [3.05, 3.63) is 35.9 Å². The molecule has 1 saturated heterocycles. The van der Waals surface area contributed by atoms with Crippen molar-refractivity contribution in [2.24, 2.45) is 11.3 Å². The number of benzene rings is 1. The molecule has 8 atom stereocenters. The van der Waals surface area contributed by atoms with Gasteiger partial charge in [-0.3, -0.25) is 9.59 Å². The van der Waals surface area contributed by atoms with E-state index in [1.165, 1.54) is 32.9 Å². The van der Waals surface area contributed by atoms with Crippen molar-refractivity contribution in [3.63, 3.8) is 0 Å². The third-order valence-electron chi connectivity index (χ3n) is 8.19. The molecule has 0 amide bonds. The summed E-state index contributed by atoms with van der Waals surface area (Å²) in [4.78, 5) is 37.5. The Hall–Kier alpha value is -2.53. The number of aliphatic hydroxyl groups is 3. The van der Waals surface area contributed by atoms with Gasteiger partial charge in [0.1, 0.15) is 35.9 Å². The third kappa shape index (κ3) is 3.65. The van der Waals surface area contributed by atoms with Crippen LogP contribution in [0.1, 0.15) is 57.8 Å². The van der Waals surface area contributed by atoms with E-state index >= 15 is 0 Å². The highest BCUT2D eigenvalue weighted by Crippen LogP contribution is 2.68. The molecule has 0 radical (unpaired) electrons. The lowest BCUT2D eigenvalue weighted by Crippen LogP contribution is -2.83. The van der Waals surface area contributed by atoms with Crippen LogP contribution < -0.4 is 0 Å². The average molecular weight is 507 g/mol. The first-order valence-electron chi connectivity index (χ1n) is 12.1. The molecule has 2 bridgehead atoms. The molecule has 3 fully saturated rings. The van der Waals surface area contributed by atoms with Crippen molar-refractivity contribution in [1.29, 1.82) is 0 Å². The highest BCUT2D eigenvalue weighted by molar-refractivity contribution is 5.89. The number of esters is 3. The molecule has 1 spiro atoms. The van der Waals surface area contributed by atoms with Crippen molar-refractivity contribution >= 4 is 17.9 Å². The van der Waals surface area contributed by atoms with Gasteiger partial charge in [-0.1, -0.05) is 18.2 Å². The van der Waals surface area contributed by atoms with Crippen molar-refractivity contribution in [1.82, 2.24) is 0 Å². The van der Waals surface area contributed by atoms with Crippen LogP contribution in [0.3, 0.4) is 0 Å². The second-order valence-corrected chi connectivity index (χ2v) is 10.8. The number of aliphatic hydroxyl groups excluding tert-OH is 2. The first-order valence-corrected chi connectivity index (χ1v) is 12.1. The van der Waals surface area contributed by atoms with E-state index in [0.717, 1.165) is 0 Å². The van der Waals surface area contributed by atoms with Gasteiger partial charge in [0.2, 0.25) is 0 Å². The normalized spacial score (nSPS) is 40.6. The Morgan fingerprint density at radius 3 is 2.25 bits per heavy atom. The monoisotopic (exact) mass is 506 g/mol. The molecular formula is C26H34O10. The maximum absolute atomic E-state index is 13.3. The van der Waals surface area contributed by atoms with E-state index in [2.05, 4.69) is 0 Å². The van der Waals surface area contributed by atoms with Crippen molar-refractivity contribution in [2.45, 2.75) is 88.7 Å². The third-order valence-corrected chi connectivity index (χ3v) is 8.19. The predicted molar refractivity (Wildman–Crippen MR) is 124 cm³/mol. The summed E-state index contributed by atoms with van der Waals surface area (Å²) in [6, 6.07) is 8.10. The fraction of sp³-hybridized carbons (Fsp3) is 0.654. The summed E-state index contributed by atoms with van der Waals surface area (Å²) in [6.45, 7) is 6.61. The van der Waals surface area contributed by atoms with E-state index < -0.39 is 77.1 Å². The minimum absolute atomic E-state index is 0.0576. The number of carbonyl (C=O) groups is 3. The number of rotatable bonds is 5. The minimum atomic E-state index is -1.93. The van der Waals surface area contributed by atoms with E-state index in [0.29, 0.717) is 0 Å². The zero-order valence-corrected chi connectivity index (χ0v) is 21.1. The van der Waals surface area contributed by atoms with Gasteiger partial charge in [-0.25, -0.2) is 4.79 Å². The lowest BCUT2D eigenvalue weighted by atomic mass is 9.46. The lowest BCUT2D eigenvalue weighted by molar-refractivity contribution is -0.348. The minimum Gasteiger partial charge on any atom is -0.465 e. The molecule has 0 aromatic heterocycles. The molecule has 1 aromatic rings. The van der Waals surface area contributed by atoms with Gasteiger partial charge in [0.05, 0.1) is 22.9 Å². The van der Waals surface area contributed by atoms with Crippen LogP contribution >= 0.6 is 0 Å². The maximum atomic E-state index is 13.3. The Morgan fingerprint density at radius 2 is 1.67 bits per heavy atom. The fourth-order valence-corrected chi connectivity index (χ4v) is 6.86. The summed E-state index contributed by atoms with van der Waals surface area (Å²) in [5, 5.41) is 35.2. The number of fused-ring (bicyclic) bond motifs is 1. The van der Waals surface area contributed by atoms with E-state index in [9.17, 15) is 29.7 Å². The zero-order valence-electron chi connectivity index (χ0n) is 21.1. The largest absolute Gasteiger partial charge is 0.465 e. The molecule has 2 saturated carbocycles. The van der Waals surface area contributed by atoms with Crippen LogP contribution in [0.5, 0.6) is 0 Å². The molecular weight excluding hydrogens is 472 g/mol. The van der Waals surface area contributed by atoms with E-state index in [1.807, 2.05) is 0 Å². The number of carbonyl (C=O) groups excluding carboxylic acids is 3. The van der Waals surface area contributed by atoms with Gasteiger partial charge in [-0.15, -0.1) is 0 Å². The SMILES string of the molecule is CC(=O)OC[C@@]12[C@@H](OC(C)=O)CC[C@](C)(O)[C@]13OC(C)(C)[C@H]([C@H](O)[C@H]2OC(=O)c1ccccc1)[C@H]3O. The van der Waals surface area contributed by atoms with Crippen molar-refractivity contribution in [3.8, 4) is 0 Å². The Kier molecular flexibility index (Phi) is 6.48. The molecule has 1 aliphatic heterocycles. The first kappa shape index (κ1) is 26.5. The second kappa shape index (κ2) is 8.79. The molecule has 3 N–H and O–H groups in total. The van der Waals surface area contributed by atoms with Crippen LogP contribution in [-0.4, -0.2) is 81.1 Å². The molecule has 1 heterocycles. The van der Waals surface area contributed by atoms with Crippen LogP contribution in [0.15, 0.2) is 30.3 Å². The van der Waals surface area contributed by atoms with Crippen LogP contribution in [0.2, 0.25) is 0 Å². The molecule has 36 heavy (non-hydrogen) atoms. The summed E-state index contributed by atoms with van der Waals surface area (Å²) in [5.74, 6) is -3.13. The summed E-state index contributed by atoms with van der Waals surface area (Å²) < 4.78 is 23.6. The van der Waals surface area contributed by atoms with Crippen molar-refractivity contribution in [2.75, 3.05) is 6.61 Å². The molecule has 198 valence electrons. The maximum Gasteiger partial charge on any atom is 0.338 e. The summed E-state index contributed by atoms with van der Waals surface area (Å²) >= 11 is 0. The topological polar surface area (TPSA) is 149 Å². The quantitative estimate of drug-likeness (QED) is 0.392. The van der Waals surface area contributed by atoms with Gasteiger partial charge in [-0.05, 0) is 45.7 Å². The van der Waals surface area contributed by atoms with Gasteiger partial charge in [0.25, 0.3) is 0 Å². The molecule has 10 nitrogen and oxygen atoms in total. The van der Waals surface area contributed by atoms with Crippen LogP contribution in [0, 0.1) is 11.3 Å². The summed E-state index contributed by atoms with van der Waals surface area (Å²) in [6.07, 6.45) is -5.47. The summed E-state index contributed by atoms with van der Waals surface area (Å²) in [7, 11) is 0. The highest BCUT2D eigenvalue weighted by atomic mass is 16.6. The lowest BCUT2D eigenvalue weighted by Gasteiger charge is -2.65. The second-order valence-electron chi connectivity index (χ2n) is 10.8. The zero-order chi connectivity index (χ0) is 26.7. The van der Waals surface area contributed by atoms with Crippen LogP contribution in [0.4, 0.5) is 0 Å². The average Bonchev–Trinajstić information content (AvgIpc) is 2.97. The predicted octanol–water partition coefficient (Wildman–Crippen LogP) is 1.14. The standard InChI is InChI=1S/C26H34O10/c1-14(27)33-13-25-17(34-15(2)28)11-12-24(5,32)26(25)20(30)18(23(3,4)36-26)19(29)21(25)35-22(31)16-9-7-6-8-10-16/h6-10,17-21,29-30,32H,11-13H2,1-5H3/t17-,18+,19-,20+,21+,24-,25-,26-/m0/s1. The molecule has 2 aliphatic carbocycles. The van der Waals surface area contributed by atoms with E-state index in [-0.39, 0.29) is 18.4 Å². The molecule has 0 unspecified atom stereocenters. The first-order chi connectivity index (χ1) is 16.7. The molecule has 10 heteroatoms. The molecule has 1 aromatic carbocycles. The smallest absolute Gasteiger partial charge is 0.338 e. The highest BCUT2D eigenvalue weighted by Gasteiger charge is 2.85. The van der Waals surface area contributed by atoms with Crippen LogP contribution in [0.25, 0.3) is 0 Å². The number of ether oxygens (including phenoxy) is 4. The van der Waals surface area contributed by atoms with Crippen LogP contribution in [-0.2, 0) is 28.5 Å². The Balaban J connectivity index is 1.97. The van der Waals surface area contributed by atoms with Gasteiger partial charge < -0.3 is 34.3 Å². The molecule has 3 aliphatic rings. The number of hydrogen-bond acceptors (Lipinski definition) is 10. The molecule has 4 rings (SSSR count). The van der Waals surface area contributed by atoms with E-state index in [4.69, 9.17) is 18.9 Å².